The Morgan fingerprint density at radius 1 is 0.963 bits per heavy atom. The molecule has 0 unspecified atom stereocenters. The van der Waals surface area contributed by atoms with Gasteiger partial charge in [-0.3, -0.25) is 9.59 Å². The van der Waals surface area contributed by atoms with Gasteiger partial charge in [0.15, 0.2) is 0 Å². The third-order valence-electron chi connectivity index (χ3n) is 5.39. The monoisotopic (exact) mass is 364 g/mol. The highest BCUT2D eigenvalue weighted by Gasteiger charge is 2.25. The number of nitrogens with one attached hydrogen (secondary N) is 2. The van der Waals surface area contributed by atoms with Gasteiger partial charge >= 0.3 is 0 Å². The molecule has 3 rings (SSSR count). The molecule has 0 heterocycles. The highest BCUT2D eigenvalue weighted by Crippen LogP contribution is 2.24. The van der Waals surface area contributed by atoms with E-state index in [1.165, 1.54) is 12.8 Å². The van der Waals surface area contributed by atoms with Crippen molar-refractivity contribution in [1.82, 2.24) is 10.6 Å². The minimum absolute atomic E-state index is 0.00374. The Morgan fingerprint density at radius 2 is 1.59 bits per heavy atom. The van der Waals surface area contributed by atoms with E-state index >= 15 is 0 Å². The summed E-state index contributed by atoms with van der Waals surface area (Å²) in [4.78, 5) is 25.3. The predicted molar refractivity (Wildman–Crippen MR) is 107 cm³/mol. The van der Waals surface area contributed by atoms with Gasteiger partial charge < -0.3 is 10.6 Å². The van der Waals surface area contributed by atoms with E-state index in [2.05, 4.69) is 17.6 Å². The zero-order valence-corrected chi connectivity index (χ0v) is 15.9. The number of amides is 2. The Bertz CT molecular complexity index is 745. The zero-order valence-electron chi connectivity index (χ0n) is 15.9. The summed E-state index contributed by atoms with van der Waals surface area (Å²) < 4.78 is 0. The summed E-state index contributed by atoms with van der Waals surface area (Å²) >= 11 is 0. The van der Waals surface area contributed by atoms with Gasteiger partial charge in [-0.15, -0.1) is 0 Å². The fraction of sp³-hybridized carbons (Fsp3) is 0.391. The van der Waals surface area contributed by atoms with Crippen molar-refractivity contribution < 1.29 is 9.59 Å². The maximum Gasteiger partial charge on any atom is 0.251 e. The van der Waals surface area contributed by atoms with Crippen LogP contribution in [0.2, 0.25) is 0 Å². The van der Waals surface area contributed by atoms with E-state index in [9.17, 15) is 9.59 Å². The van der Waals surface area contributed by atoms with Gasteiger partial charge in [-0.25, -0.2) is 0 Å². The van der Waals surface area contributed by atoms with Crippen LogP contribution in [-0.4, -0.2) is 17.9 Å². The van der Waals surface area contributed by atoms with E-state index in [-0.39, 0.29) is 30.3 Å². The molecule has 2 aromatic rings. The van der Waals surface area contributed by atoms with E-state index < -0.39 is 0 Å². The van der Waals surface area contributed by atoms with Gasteiger partial charge in [-0.1, -0.05) is 68.3 Å². The minimum Gasteiger partial charge on any atom is -0.353 e. The lowest BCUT2D eigenvalue weighted by molar-refractivity contribution is -0.122. The Hall–Kier alpha value is -2.62. The molecular weight excluding hydrogens is 336 g/mol. The van der Waals surface area contributed by atoms with E-state index in [0.717, 1.165) is 18.4 Å². The molecule has 0 aliphatic heterocycles. The minimum atomic E-state index is -0.349. The molecule has 0 aromatic heterocycles. The van der Waals surface area contributed by atoms with Gasteiger partial charge in [0, 0.05) is 11.6 Å². The van der Waals surface area contributed by atoms with E-state index in [1.807, 2.05) is 48.5 Å². The Labute approximate surface area is 161 Å². The number of carbonyl (C=O) groups excluding carboxylic acids is 2. The molecule has 1 saturated carbocycles. The van der Waals surface area contributed by atoms with Crippen molar-refractivity contribution in [2.24, 2.45) is 5.92 Å². The number of rotatable bonds is 6. The first-order valence-corrected chi connectivity index (χ1v) is 9.83. The van der Waals surface area contributed by atoms with Crippen LogP contribution in [0, 0.1) is 5.92 Å². The highest BCUT2D eigenvalue weighted by molar-refractivity contribution is 5.94. The zero-order chi connectivity index (χ0) is 19.1. The van der Waals surface area contributed by atoms with Gasteiger partial charge in [0.25, 0.3) is 5.91 Å². The van der Waals surface area contributed by atoms with Crippen molar-refractivity contribution >= 4 is 11.8 Å². The van der Waals surface area contributed by atoms with Gasteiger partial charge in [-0.05, 0) is 36.5 Å². The van der Waals surface area contributed by atoms with Gasteiger partial charge in [0.2, 0.25) is 5.91 Å². The van der Waals surface area contributed by atoms with Crippen LogP contribution in [-0.2, 0) is 4.79 Å². The van der Waals surface area contributed by atoms with Crippen LogP contribution in [0.1, 0.15) is 61.0 Å². The van der Waals surface area contributed by atoms with Crippen molar-refractivity contribution in [3.05, 3.63) is 71.8 Å². The molecule has 1 aliphatic carbocycles. The van der Waals surface area contributed by atoms with Crippen molar-refractivity contribution in [2.75, 3.05) is 0 Å². The van der Waals surface area contributed by atoms with E-state index in [1.54, 1.807) is 12.1 Å². The van der Waals surface area contributed by atoms with Crippen molar-refractivity contribution in [3.8, 4) is 0 Å². The SMILES string of the molecule is C[C@@H]1CCCC[C@H]1NC(=O)C[C@@H](NC(=O)c1ccccc1)c1ccccc1. The molecule has 27 heavy (non-hydrogen) atoms. The molecule has 0 saturated heterocycles. The van der Waals surface area contributed by atoms with E-state index in [0.29, 0.717) is 11.5 Å². The van der Waals surface area contributed by atoms with Gasteiger partial charge in [-0.2, -0.15) is 0 Å². The number of hydrogen-bond acceptors (Lipinski definition) is 2. The first-order valence-electron chi connectivity index (χ1n) is 9.83. The summed E-state index contributed by atoms with van der Waals surface area (Å²) in [6.07, 6.45) is 4.86. The molecule has 1 fully saturated rings. The molecule has 0 spiro atoms. The average Bonchev–Trinajstić information content (AvgIpc) is 2.70. The van der Waals surface area contributed by atoms with Crippen LogP contribution in [0.4, 0.5) is 0 Å². The van der Waals surface area contributed by atoms with Crippen molar-refractivity contribution in [2.45, 2.75) is 51.1 Å². The molecule has 4 heteroatoms. The number of hydrogen-bond donors (Lipinski definition) is 2. The molecule has 2 N–H and O–H groups in total. The molecule has 0 bridgehead atoms. The molecule has 2 amide bonds. The lowest BCUT2D eigenvalue weighted by Gasteiger charge is -2.30. The normalized spacial score (nSPS) is 20.5. The quantitative estimate of drug-likeness (QED) is 0.805. The van der Waals surface area contributed by atoms with Crippen molar-refractivity contribution in [3.63, 3.8) is 0 Å². The number of benzene rings is 2. The summed E-state index contributed by atoms with van der Waals surface area (Å²) in [6, 6.07) is 18.7. The first-order chi connectivity index (χ1) is 13.1. The fourth-order valence-corrected chi connectivity index (χ4v) is 3.75. The smallest absolute Gasteiger partial charge is 0.251 e. The van der Waals surface area contributed by atoms with Gasteiger partial charge in [0.1, 0.15) is 0 Å². The lowest BCUT2D eigenvalue weighted by Crippen LogP contribution is -2.42. The third kappa shape index (κ3) is 5.43. The summed E-state index contributed by atoms with van der Waals surface area (Å²) in [7, 11) is 0. The molecule has 2 aromatic carbocycles. The topological polar surface area (TPSA) is 58.2 Å². The Balaban J connectivity index is 1.68. The molecule has 142 valence electrons. The molecule has 1 aliphatic rings. The van der Waals surface area contributed by atoms with E-state index in [4.69, 9.17) is 0 Å². The van der Waals surface area contributed by atoms with Crippen LogP contribution >= 0.6 is 0 Å². The molecular formula is C23H28N2O2. The Kier molecular flexibility index (Phi) is 6.64. The lowest BCUT2D eigenvalue weighted by atomic mass is 9.86. The molecule has 4 nitrogen and oxygen atoms in total. The maximum absolute atomic E-state index is 12.7. The van der Waals surface area contributed by atoms with Crippen LogP contribution < -0.4 is 10.6 Å². The van der Waals surface area contributed by atoms with Crippen LogP contribution in [0.15, 0.2) is 60.7 Å². The summed E-state index contributed by atoms with van der Waals surface area (Å²) in [5, 5.41) is 6.22. The second kappa shape index (κ2) is 9.36. The first kappa shape index (κ1) is 19.2. The molecule has 3 atom stereocenters. The standard InChI is InChI=1S/C23H28N2O2/c1-17-10-8-9-15-20(17)24-22(26)16-21(18-11-4-2-5-12-18)25-23(27)19-13-6-3-7-14-19/h2-7,11-14,17,20-21H,8-10,15-16H2,1H3,(H,24,26)(H,25,27)/t17-,20-,21-/m1/s1. The third-order valence-corrected chi connectivity index (χ3v) is 5.39. The molecule has 0 radical (unpaired) electrons. The van der Waals surface area contributed by atoms with Crippen LogP contribution in [0.25, 0.3) is 0 Å². The van der Waals surface area contributed by atoms with Crippen molar-refractivity contribution in [1.29, 1.82) is 0 Å². The van der Waals surface area contributed by atoms with Gasteiger partial charge in [0.05, 0.1) is 12.5 Å². The van der Waals surface area contributed by atoms with Crippen LogP contribution in [0.3, 0.4) is 0 Å². The second-order valence-corrected chi connectivity index (χ2v) is 7.44. The second-order valence-electron chi connectivity index (χ2n) is 7.44. The fourth-order valence-electron chi connectivity index (χ4n) is 3.75. The van der Waals surface area contributed by atoms with Crippen LogP contribution in [0.5, 0.6) is 0 Å². The summed E-state index contributed by atoms with van der Waals surface area (Å²) in [6.45, 7) is 2.20. The maximum atomic E-state index is 12.7. The number of carbonyl (C=O) groups is 2. The largest absolute Gasteiger partial charge is 0.353 e. The summed E-state index contributed by atoms with van der Waals surface area (Å²) in [5.74, 6) is 0.344. The Morgan fingerprint density at radius 3 is 2.26 bits per heavy atom. The highest BCUT2D eigenvalue weighted by atomic mass is 16.2. The average molecular weight is 364 g/mol. The predicted octanol–water partition coefficient (Wildman–Crippen LogP) is 4.24. The summed E-state index contributed by atoms with van der Waals surface area (Å²) in [5.41, 5.74) is 1.54.